The minimum absolute atomic E-state index is 0.0163. The van der Waals surface area contributed by atoms with Crippen molar-refractivity contribution in [1.82, 2.24) is 4.90 Å². The van der Waals surface area contributed by atoms with E-state index in [9.17, 15) is 14.7 Å². The predicted octanol–water partition coefficient (Wildman–Crippen LogP) is 2.73. The molecule has 1 atom stereocenters. The number of amides is 1. The number of para-hydroxylation sites is 1. The highest BCUT2D eigenvalue weighted by atomic mass is 16.5. The van der Waals surface area contributed by atoms with Gasteiger partial charge in [-0.3, -0.25) is 0 Å². The van der Waals surface area contributed by atoms with Crippen LogP contribution in [0.2, 0.25) is 0 Å². The van der Waals surface area contributed by atoms with Gasteiger partial charge in [-0.2, -0.15) is 0 Å². The number of piperazine rings is 1. The molecule has 1 aromatic rings. The van der Waals surface area contributed by atoms with E-state index in [1.54, 1.807) is 13.1 Å². The molecule has 0 bridgehead atoms. The number of benzene rings is 1. The first kappa shape index (κ1) is 18.9. The van der Waals surface area contributed by atoms with Crippen LogP contribution in [0.4, 0.5) is 16.2 Å². The van der Waals surface area contributed by atoms with E-state index in [4.69, 9.17) is 4.74 Å². The molecule has 1 fully saturated rings. The molecule has 1 heterocycles. The van der Waals surface area contributed by atoms with Crippen LogP contribution in [0.5, 0.6) is 0 Å². The number of nitrogens with one attached hydrogen (secondary N) is 1. The lowest BCUT2D eigenvalue weighted by Crippen LogP contribution is -2.59. The second-order valence-corrected chi connectivity index (χ2v) is 7.25. The highest BCUT2D eigenvalue weighted by molar-refractivity contribution is 5.99. The molecule has 0 saturated carbocycles. The van der Waals surface area contributed by atoms with Crippen molar-refractivity contribution in [2.24, 2.45) is 5.41 Å². The Labute approximate surface area is 148 Å². The van der Waals surface area contributed by atoms with Gasteiger partial charge in [0.1, 0.15) is 0 Å². The first-order chi connectivity index (χ1) is 11.7. The largest absolute Gasteiger partial charge is 0.465 e. The Balaban J connectivity index is 2.48. The van der Waals surface area contributed by atoms with E-state index in [1.807, 2.05) is 12.1 Å². The van der Waals surface area contributed by atoms with E-state index in [0.29, 0.717) is 30.9 Å². The molecule has 0 spiro atoms. The van der Waals surface area contributed by atoms with Crippen molar-refractivity contribution < 1.29 is 19.4 Å². The van der Waals surface area contributed by atoms with Crippen LogP contribution < -0.4 is 10.2 Å². The summed E-state index contributed by atoms with van der Waals surface area (Å²) in [6.45, 7) is 7.70. The Morgan fingerprint density at radius 3 is 2.48 bits per heavy atom. The van der Waals surface area contributed by atoms with Gasteiger partial charge in [0.25, 0.3) is 0 Å². The fourth-order valence-electron chi connectivity index (χ4n) is 3.31. The van der Waals surface area contributed by atoms with E-state index >= 15 is 0 Å². The average Bonchev–Trinajstić information content (AvgIpc) is 2.58. The summed E-state index contributed by atoms with van der Waals surface area (Å²) in [7, 11) is 3.13. The Hall–Kier alpha value is -2.44. The van der Waals surface area contributed by atoms with Crippen molar-refractivity contribution in [2.75, 3.05) is 44.0 Å². The van der Waals surface area contributed by atoms with E-state index < -0.39 is 12.1 Å². The average molecular weight is 349 g/mol. The number of ether oxygens (including phenoxy) is 1. The molecule has 0 radical (unpaired) electrons. The van der Waals surface area contributed by atoms with Gasteiger partial charge >= 0.3 is 12.1 Å². The highest BCUT2D eigenvalue weighted by Crippen LogP contribution is 2.37. The zero-order valence-electron chi connectivity index (χ0n) is 15.5. The summed E-state index contributed by atoms with van der Waals surface area (Å²) in [4.78, 5) is 27.1. The van der Waals surface area contributed by atoms with Crippen LogP contribution >= 0.6 is 0 Å². The number of nitrogens with zero attached hydrogens (tertiary/aromatic N) is 2. The molecule has 1 aliphatic rings. The molecule has 25 heavy (non-hydrogen) atoms. The molecule has 2 N–H and O–H groups in total. The van der Waals surface area contributed by atoms with E-state index in [1.165, 1.54) is 12.0 Å². The third-order valence-electron chi connectivity index (χ3n) is 4.66. The molecule has 0 aliphatic carbocycles. The molecule has 7 heteroatoms. The number of carbonyl (C=O) groups excluding carboxylic acids is 1. The van der Waals surface area contributed by atoms with Crippen LogP contribution in [-0.4, -0.2) is 61.9 Å². The number of carbonyl (C=O) groups is 2. The Bertz CT molecular complexity index is 654. The number of esters is 1. The van der Waals surface area contributed by atoms with Crippen molar-refractivity contribution in [3.05, 3.63) is 23.8 Å². The molecule has 138 valence electrons. The maximum Gasteiger partial charge on any atom is 0.407 e. The normalized spacial score (nSPS) is 18.0. The second kappa shape index (κ2) is 7.21. The van der Waals surface area contributed by atoms with Crippen LogP contribution in [0.25, 0.3) is 0 Å². The summed E-state index contributed by atoms with van der Waals surface area (Å²) >= 11 is 0. The predicted molar refractivity (Wildman–Crippen MR) is 97.5 cm³/mol. The fraction of sp³-hybridized carbons (Fsp3) is 0.556. The number of methoxy groups -OCH3 is 1. The smallest absolute Gasteiger partial charge is 0.407 e. The molecule has 1 saturated heterocycles. The van der Waals surface area contributed by atoms with Gasteiger partial charge in [-0.05, 0) is 17.5 Å². The van der Waals surface area contributed by atoms with Crippen molar-refractivity contribution >= 4 is 23.4 Å². The molecular formula is C18H27N3O4. The van der Waals surface area contributed by atoms with Crippen LogP contribution in [0.15, 0.2) is 18.2 Å². The second-order valence-electron chi connectivity index (χ2n) is 7.25. The molecule has 2 rings (SSSR count). The van der Waals surface area contributed by atoms with Crippen molar-refractivity contribution in [2.45, 2.75) is 26.8 Å². The lowest BCUT2D eigenvalue weighted by atomic mass is 9.83. The molecule has 1 aliphatic heterocycles. The summed E-state index contributed by atoms with van der Waals surface area (Å²) in [5.41, 5.74) is 1.92. The lowest BCUT2D eigenvalue weighted by Gasteiger charge is -2.48. The summed E-state index contributed by atoms with van der Waals surface area (Å²) in [6.07, 6.45) is -0.897. The fourth-order valence-corrected chi connectivity index (χ4v) is 3.31. The van der Waals surface area contributed by atoms with Gasteiger partial charge < -0.3 is 25.0 Å². The van der Waals surface area contributed by atoms with Gasteiger partial charge in [-0.25, -0.2) is 9.59 Å². The molecule has 0 aromatic heterocycles. The highest BCUT2D eigenvalue weighted by Gasteiger charge is 2.38. The van der Waals surface area contributed by atoms with Crippen molar-refractivity contribution in [3.8, 4) is 0 Å². The molecular weight excluding hydrogens is 322 g/mol. The van der Waals surface area contributed by atoms with Crippen LogP contribution in [-0.2, 0) is 4.74 Å². The molecule has 7 nitrogen and oxygen atoms in total. The van der Waals surface area contributed by atoms with Crippen LogP contribution in [0.3, 0.4) is 0 Å². The zero-order valence-corrected chi connectivity index (χ0v) is 15.5. The van der Waals surface area contributed by atoms with Gasteiger partial charge in [0.2, 0.25) is 0 Å². The van der Waals surface area contributed by atoms with E-state index in [0.717, 1.165) is 5.69 Å². The Morgan fingerprint density at radius 1 is 1.28 bits per heavy atom. The minimum atomic E-state index is -0.897. The maximum atomic E-state index is 12.1. The summed E-state index contributed by atoms with van der Waals surface area (Å²) < 4.78 is 4.88. The summed E-state index contributed by atoms with van der Waals surface area (Å²) in [5, 5.41) is 12.5. The Morgan fingerprint density at radius 2 is 1.96 bits per heavy atom. The number of hydrogen-bond donors (Lipinski definition) is 2. The maximum absolute atomic E-state index is 12.1. The van der Waals surface area contributed by atoms with Gasteiger partial charge in [-0.15, -0.1) is 0 Å². The van der Waals surface area contributed by atoms with Gasteiger partial charge in [0.15, 0.2) is 0 Å². The standard InChI is InChI=1S/C18H27N3O4/c1-18(2,3)14-11-20(17(23)24)9-10-21(14)13-8-6-7-12(15(13)19-4)16(22)25-5/h6-8,14,19H,9-11H2,1-5H3,(H,23,24). The number of rotatable bonds is 3. The molecule has 1 amide bonds. The number of hydrogen-bond acceptors (Lipinski definition) is 5. The van der Waals surface area contributed by atoms with Crippen molar-refractivity contribution in [1.29, 1.82) is 0 Å². The van der Waals surface area contributed by atoms with Gasteiger partial charge in [0.05, 0.1) is 30.1 Å². The monoisotopic (exact) mass is 349 g/mol. The topological polar surface area (TPSA) is 82.1 Å². The van der Waals surface area contributed by atoms with Crippen LogP contribution in [0, 0.1) is 5.41 Å². The third kappa shape index (κ3) is 3.81. The summed E-state index contributed by atoms with van der Waals surface area (Å²) in [5.74, 6) is -0.400. The van der Waals surface area contributed by atoms with Gasteiger partial charge in [-0.1, -0.05) is 26.8 Å². The zero-order chi connectivity index (χ0) is 18.8. The van der Waals surface area contributed by atoms with Crippen molar-refractivity contribution in [3.63, 3.8) is 0 Å². The molecule has 1 aromatic carbocycles. The van der Waals surface area contributed by atoms with Crippen LogP contribution in [0.1, 0.15) is 31.1 Å². The number of anilines is 2. The third-order valence-corrected chi connectivity index (χ3v) is 4.66. The Kier molecular flexibility index (Phi) is 5.45. The minimum Gasteiger partial charge on any atom is -0.465 e. The first-order valence-corrected chi connectivity index (χ1v) is 8.34. The quantitative estimate of drug-likeness (QED) is 0.817. The first-order valence-electron chi connectivity index (χ1n) is 8.34. The summed E-state index contributed by atoms with van der Waals surface area (Å²) in [6, 6.07) is 5.48. The number of carboxylic acid groups (broad SMARTS) is 1. The SMILES string of the molecule is CNc1c(C(=O)OC)cccc1N1CCN(C(=O)O)CC1C(C)(C)C. The van der Waals surface area contributed by atoms with E-state index in [2.05, 4.69) is 31.0 Å². The molecule has 1 unspecified atom stereocenters. The van der Waals surface area contributed by atoms with Gasteiger partial charge in [0, 0.05) is 26.7 Å². The lowest BCUT2D eigenvalue weighted by molar-refractivity contribution is 0.0602. The van der Waals surface area contributed by atoms with E-state index in [-0.39, 0.29) is 11.5 Å².